The van der Waals surface area contributed by atoms with Crippen LogP contribution in [0.2, 0.25) is 0 Å². The Kier molecular flexibility index (Phi) is 4.35. The maximum Gasteiger partial charge on any atom is 0.308 e. The van der Waals surface area contributed by atoms with Gasteiger partial charge in [-0.05, 0) is 30.0 Å². The molecular weight excluding hydrogens is 204 g/mol. The first-order valence-electron chi connectivity index (χ1n) is 5.44. The van der Waals surface area contributed by atoms with E-state index in [0.717, 1.165) is 12.0 Å². The zero-order valence-corrected chi connectivity index (χ0v) is 10.2. The van der Waals surface area contributed by atoms with Crippen LogP contribution in [-0.2, 0) is 4.79 Å². The van der Waals surface area contributed by atoms with Crippen LogP contribution in [0.5, 0.6) is 11.5 Å². The Morgan fingerprint density at radius 3 is 2.56 bits per heavy atom. The van der Waals surface area contributed by atoms with Gasteiger partial charge in [0.1, 0.15) is 0 Å². The smallest absolute Gasteiger partial charge is 0.308 e. The Bertz CT molecular complexity index is 371. The summed E-state index contributed by atoms with van der Waals surface area (Å²) in [5.74, 6) is 1.19. The maximum atomic E-state index is 11.0. The van der Waals surface area contributed by atoms with Crippen molar-refractivity contribution in [2.45, 2.75) is 33.1 Å². The molecule has 0 heterocycles. The summed E-state index contributed by atoms with van der Waals surface area (Å²) in [5, 5.41) is 0. The van der Waals surface area contributed by atoms with Gasteiger partial charge in [-0.2, -0.15) is 0 Å². The van der Waals surface area contributed by atoms with Crippen LogP contribution in [0.3, 0.4) is 0 Å². The molecule has 1 unspecified atom stereocenters. The molecule has 0 aromatic heterocycles. The molecule has 0 bridgehead atoms. The summed E-state index contributed by atoms with van der Waals surface area (Å²) in [6.07, 6.45) is 1.05. The molecule has 0 aliphatic carbocycles. The quantitative estimate of drug-likeness (QED) is 0.580. The van der Waals surface area contributed by atoms with Gasteiger partial charge < -0.3 is 9.47 Å². The number of hydrogen-bond donors (Lipinski definition) is 0. The minimum absolute atomic E-state index is 0.334. The molecule has 1 atom stereocenters. The molecular formula is C13H18O3. The number of carbonyl (C=O) groups is 1. The summed E-state index contributed by atoms with van der Waals surface area (Å²) in [6.45, 7) is 5.65. The van der Waals surface area contributed by atoms with Crippen molar-refractivity contribution in [1.82, 2.24) is 0 Å². The minimum Gasteiger partial charge on any atom is -0.493 e. The molecule has 0 saturated carbocycles. The molecule has 0 spiro atoms. The zero-order chi connectivity index (χ0) is 12.1. The molecule has 0 saturated heterocycles. The van der Waals surface area contributed by atoms with Gasteiger partial charge in [0.25, 0.3) is 0 Å². The zero-order valence-electron chi connectivity index (χ0n) is 10.2. The predicted octanol–water partition coefficient (Wildman–Crippen LogP) is 3.13. The second kappa shape index (κ2) is 5.54. The lowest BCUT2D eigenvalue weighted by atomic mass is 9.98. The summed E-state index contributed by atoms with van der Waals surface area (Å²) >= 11 is 0. The molecule has 1 rings (SSSR count). The SMILES string of the molecule is CCC(C)c1ccc(OC)c(OC(C)=O)c1. The van der Waals surface area contributed by atoms with Gasteiger partial charge in [-0.15, -0.1) is 0 Å². The largest absolute Gasteiger partial charge is 0.493 e. The van der Waals surface area contributed by atoms with Gasteiger partial charge >= 0.3 is 5.97 Å². The van der Waals surface area contributed by atoms with E-state index < -0.39 is 0 Å². The molecule has 0 radical (unpaired) electrons. The third-order valence-electron chi connectivity index (χ3n) is 2.62. The van der Waals surface area contributed by atoms with Gasteiger partial charge in [0.2, 0.25) is 0 Å². The number of carbonyl (C=O) groups excluding carboxylic acids is 1. The molecule has 16 heavy (non-hydrogen) atoms. The van der Waals surface area contributed by atoms with E-state index in [2.05, 4.69) is 13.8 Å². The summed E-state index contributed by atoms with van der Waals surface area (Å²) in [6, 6.07) is 5.70. The summed E-state index contributed by atoms with van der Waals surface area (Å²) in [5.41, 5.74) is 1.15. The number of hydrogen-bond acceptors (Lipinski definition) is 3. The fourth-order valence-electron chi connectivity index (χ4n) is 1.47. The lowest BCUT2D eigenvalue weighted by molar-refractivity contribution is -0.132. The highest BCUT2D eigenvalue weighted by Crippen LogP contribution is 2.31. The van der Waals surface area contributed by atoms with Crippen molar-refractivity contribution in [2.24, 2.45) is 0 Å². The number of ether oxygens (including phenoxy) is 2. The Hall–Kier alpha value is -1.51. The summed E-state index contributed by atoms with van der Waals surface area (Å²) in [4.78, 5) is 11.0. The molecule has 0 aliphatic rings. The van der Waals surface area contributed by atoms with Crippen LogP contribution < -0.4 is 9.47 Å². The molecule has 1 aromatic rings. The van der Waals surface area contributed by atoms with E-state index in [1.165, 1.54) is 6.92 Å². The normalized spacial score (nSPS) is 12.0. The Morgan fingerprint density at radius 2 is 2.06 bits per heavy atom. The Balaban J connectivity index is 3.05. The van der Waals surface area contributed by atoms with Gasteiger partial charge in [0, 0.05) is 6.92 Å². The van der Waals surface area contributed by atoms with E-state index in [0.29, 0.717) is 17.4 Å². The third-order valence-corrected chi connectivity index (χ3v) is 2.62. The van der Waals surface area contributed by atoms with Crippen LogP contribution in [0, 0.1) is 0 Å². The third kappa shape index (κ3) is 2.99. The number of rotatable bonds is 4. The molecule has 0 N–H and O–H groups in total. The lowest BCUT2D eigenvalue weighted by Gasteiger charge is -2.13. The van der Waals surface area contributed by atoms with E-state index in [9.17, 15) is 4.79 Å². The van der Waals surface area contributed by atoms with Crippen LogP contribution in [0.15, 0.2) is 18.2 Å². The second-order valence-electron chi connectivity index (χ2n) is 3.81. The molecule has 0 fully saturated rings. The average Bonchev–Trinajstić information content (AvgIpc) is 2.27. The van der Waals surface area contributed by atoms with Crippen LogP contribution >= 0.6 is 0 Å². The van der Waals surface area contributed by atoms with Gasteiger partial charge in [-0.25, -0.2) is 0 Å². The van der Waals surface area contributed by atoms with Gasteiger partial charge in [-0.1, -0.05) is 19.9 Å². The molecule has 88 valence electrons. The summed E-state index contributed by atoms with van der Waals surface area (Å²) < 4.78 is 10.2. The first kappa shape index (κ1) is 12.6. The molecule has 3 nitrogen and oxygen atoms in total. The highest BCUT2D eigenvalue weighted by atomic mass is 16.6. The van der Waals surface area contributed by atoms with Crippen LogP contribution in [0.4, 0.5) is 0 Å². The van der Waals surface area contributed by atoms with Gasteiger partial charge in [-0.3, -0.25) is 4.79 Å². The lowest BCUT2D eigenvalue weighted by Crippen LogP contribution is -2.04. The molecule has 0 amide bonds. The number of benzene rings is 1. The van der Waals surface area contributed by atoms with Crippen LogP contribution in [-0.4, -0.2) is 13.1 Å². The van der Waals surface area contributed by atoms with Crippen LogP contribution in [0.25, 0.3) is 0 Å². The van der Waals surface area contributed by atoms with Gasteiger partial charge in [0.05, 0.1) is 7.11 Å². The Morgan fingerprint density at radius 1 is 1.38 bits per heavy atom. The fourth-order valence-corrected chi connectivity index (χ4v) is 1.47. The van der Waals surface area contributed by atoms with E-state index in [-0.39, 0.29) is 5.97 Å². The topological polar surface area (TPSA) is 35.5 Å². The van der Waals surface area contributed by atoms with E-state index in [1.54, 1.807) is 7.11 Å². The minimum atomic E-state index is -0.334. The number of methoxy groups -OCH3 is 1. The average molecular weight is 222 g/mol. The van der Waals surface area contributed by atoms with E-state index >= 15 is 0 Å². The highest BCUT2D eigenvalue weighted by Gasteiger charge is 2.10. The monoisotopic (exact) mass is 222 g/mol. The molecule has 3 heteroatoms. The van der Waals surface area contributed by atoms with Crippen molar-refractivity contribution in [3.63, 3.8) is 0 Å². The second-order valence-corrected chi connectivity index (χ2v) is 3.81. The molecule has 1 aromatic carbocycles. The van der Waals surface area contributed by atoms with Crippen molar-refractivity contribution in [2.75, 3.05) is 7.11 Å². The predicted molar refractivity (Wildman–Crippen MR) is 63.0 cm³/mol. The van der Waals surface area contributed by atoms with Crippen molar-refractivity contribution in [3.05, 3.63) is 23.8 Å². The summed E-state index contributed by atoms with van der Waals surface area (Å²) in [7, 11) is 1.56. The highest BCUT2D eigenvalue weighted by molar-refractivity contribution is 5.70. The van der Waals surface area contributed by atoms with E-state index in [4.69, 9.17) is 9.47 Å². The first-order chi connectivity index (χ1) is 7.58. The first-order valence-corrected chi connectivity index (χ1v) is 5.44. The maximum absolute atomic E-state index is 11.0. The fraction of sp³-hybridized carbons (Fsp3) is 0.462. The van der Waals surface area contributed by atoms with E-state index in [1.807, 2.05) is 18.2 Å². The van der Waals surface area contributed by atoms with Crippen molar-refractivity contribution in [1.29, 1.82) is 0 Å². The Labute approximate surface area is 96.4 Å². The van der Waals surface area contributed by atoms with Crippen molar-refractivity contribution >= 4 is 5.97 Å². The van der Waals surface area contributed by atoms with Crippen molar-refractivity contribution in [3.8, 4) is 11.5 Å². The standard InChI is InChI=1S/C13H18O3/c1-5-9(2)11-6-7-12(15-4)13(8-11)16-10(3)14/h6-9H,5H2,1-4H3. The van der Waals surface area contributed by atoms with Gasteiger partial charge in [0.15, 0.2) is 11.5 Å². The van der Waals surface area contributed by atoms with Crippen molar-refractivity contribution < 1.29 is 14.3 Å². The molecule has 0 aliphatic heterocycles. The number of esters is 1. The van der Waals surface area contributed by atoms with Crippen LogP contribution in [0.1, 0.15) is 38.7 Å².